The monoisotopic (exact) mass is 217 g/mol. The quantitative estimate of drug-likeness (QED) is 0.729. The number of aromatic nitrogens is 2. The van der Waals surface area contributed by atoms with E-state index >= 15 is 0 Å². The topological polar surface area (TPSA) is 74.9 Å². The Morgan fingerprint density at radius 1 is 1.31 bits per heavy atom. The molecule has 4 N–H and O–H groups in total. The van der Waals surface area contributed by atoms with Crippen LogP contribution in [0.5, 0.6) is 5.75 Å². The molecule has 0 aliphatic carbocycles. The van der Waals surface area contributed by atoms with Crippen molar-refractivity contribution in [3.05, 3.63) is 36.0 Å². The summed E-state index contributed by atoms with van der Waals surface area (Å²) in [6.07, 6.45) is 1.85. The number of nitrogens with one attached hydrogen (secondary N) is 1. The van der Waals surface area contributed by atoms with E-state index in [1.165, 1.54) is 0 Å². The molecule has 0 saturated carbocycles. The molecule has 1 heterocycles. The van der Waals surface area contributed by atoms with Gasteiger partial charge in [-0.2, -0.15) is 5.10 Å². The van der Waals surface area contributed by atoms with Gasteiger partial charge in [-0.3, -0.25) is 5.10 Å². The van der Waals surface area contributed by atoms with Crippen LogP contribution in [0.2, 0.25) is 0 Å². The van der Waals surface area contributed by atoms with Gasteiger partial charge < -0.3 is 10.8 Å². The molecule has 4 nitrogen and oxygen atoms in total. The van der Waals surface area contributed by atoms with Crippen molar-refractivity contribution in [2.24, 2.45) is 5.73 Å². The van der Waals surface area contributed by atoms with Crippen LogP contribution in [0.1, 0.15) is 12.1 Å². The molecule has 0 aliphatic heterocycles. The molecule has 1 aromatic carbocycles. The molecular weight excluding hydrogens is 202 g/mol. The Morgan fingerprint density at radius 3 is 2.94 bits per heavy atom. The Balaban J connectivity index is 2.18. The summed E-state index contributed by atoms with van der Waals surface area (Å²) in [5.74, 6) is 0.254. The van der Waals surface area contributed by atoms with Crippen molar-refractivity contribution in [1.82, 2.24) is 10.2 Å². The summed E-state index contributed by atoms with van der Waals surface area (Å²) in [4.78, 5) is 0. The fourth-order valence-corrected chi connectivity index (χ4v) is 1.60. The van der Waals surface area contributed by atoms with Crippen LogP contribution in [-0.2, 0) is 6.42 Å². The van der Waals surface area contributed by atoms with Gasteiger partial charge in [0.15, 0.2) is 0 Å². The second-order valence-corrected chi connectivity index (χ2v) is 3.72. The smallest absolute Gasteiger partial charge is 0.116 e. The van der Waals surface area contributed by atoms with Crippen LogP contribution < -0.4 is 5.73 Å². The van der Waals surface area contributed by atoms with Crippen molar-refractivity contribution in [3.8, 4) is 17.0 Å². The molecule has 0 saturated heterocycles. The molecule has 0 unspecified atom stereocenters. The van der Waals surface area contributed by atoms with E-state index in [4.69, 9.17) is 5.73 Å². The highest BCUT2D eigenvalue weighted by Crippen LogP contribution is 2.21. The first-order valence-electron chi connectivity index (χ1n) is 5.33. The van der Waals surface area contributed by atoms with Crippen molar-refractivity contribution in [3.63, 3.8) is 0 Å². The fraction of sp³-hybridized carbons (Fsp3) is 0.250. The molecule has 84 valence electrons. The highest BCUT2D eigenvalue weighted by Gasteiger charge is 2.04. The predicted molar refractivity (Wildman–Crippen MR) is 63.1 cm³/mol. The lowest BCUT2D eigenvalue weighted by atomic mass is 10.1. The Kier molecular flexibility index (Phi) is 3.22. The third-order valence-electron chi connectivity index (χ3n) is 2.42. The van der Waals surface area contributed by atoms with E-state index in [-0.39, 0.29) is 5.75 Å². The number of rotatable bonds is 4. The molecule has 0 fully saturated rings. The molecule has 0 aliphatic rings. The number of aromatic hydroxyl groups is 1. The number of phenols is 1. The molecule has 0 atom stereocenters. The van der Waals surface area contributed by atoms with Crippen molar-refractivity contribution in [1.29, 1.82) is 0 Å². The predicted octanol–water partition coefficient (Wildman–Crippen LogP) is 1.67. The zero-order valence-corrected chi connectivity index (χ0v) is 8.98. The number of nitrogens with two attached hydrogens (primary N) is 1. The van der Waals surface area contributed by atoms with Crippen LogP contribution in [-0.4, -0.2) is 21.8 Å². The molecule has 2 rings (SSSR count). The molecule has 0 bridgehead atoms. The Bertz CT molecular complexity index is 465. The van der Waals surface area contributed by atoms with Crippen LogP contribution in [0.25, 0.3) is 11.3 Å². The Morgan fingerprint density at radius 2 is 2.19 bits per heavy atom. The van der Waals surface area contributed by atoms with Gasteiger partial charge in [0.05, 0.1) is 5.69 Å². The maximum absolute atomic E-state index is 9.37. The second-order valence-electron chi connectivity index (χ2n) is 3.72. The summed E-state index contributed by atoms with van der Waals surface area (Å²) >= 11 is 0. The van der Waals surface area contributed by atoms with Crippen molar-refractivity contribution in [2.75, 3.05) is 6.54 Å². The molecule has 0 amide bonds. The number of benzene rings is 1. The van der Waals surface area contributed by atoms with Crippen LogP contribution in [0.3, 0.4) is 0 Å². The summed E-state index contributed by atoms with van der Waals surface area (Å²) in [6.45, 7) is 0.681. The number of aromatic amines is 1. The molecule has 0 spiro atoms. The second kappa shape index (κ2) is 4.81. The van der Waals surface area contributed by atoms with E-state index in [0.717, 1.165) is 29.8 Å². The number of hydrogen-bond acceptors (Lipinski definition) is 3. The number of H-pyrrole nitrogens is 1. The maximum Gasteiger partial charge on any atom is 0.116 e. The maximum atomic E-state index is 9.37. The number of aryl methyl sites for hydroxylation is 1. The van der Waals surface area contributed by atoms with Gasteiger partial charge >= 0.3 is 0 Å². The number of nitrogens with zero attached hydrogens (tertiary/aromatic N) is 1. The summed E-state index contributed by atoms with van der Waals surface area (Å²) in [6, 6.07) is 9.06. The lowest BCUT2D eigenvalue weighted by Gasteiger charge is -1.96. The van der Waals surface area contributed by atoms with Gasteiger partial charge in [-0.15, -0.1) is 0 Å². The highest BCUT2D eigenvalue weighted by atomic mass is 16.3. The van der Waals surface area contributed by atoms with E-state index in [0.29, 0.717) is 6.54 Å². The van der Waals surface area contributed by atoms with Crippen LogP contribution in [0.15, 0.2) is 30.3 Å². The van der Waals surface area contributed by atoms with Crippen molar-refractivity contribution in [2.45, 2.75) is 12.8 Å². The summed E-state index contributed by atoms with van der Waals surface area (Å²) in [5.41, 5.74) is 8.28. The van der Waals surface area contributed by atoms with Crippen LogP contribution >= 0.6 is 0 Å². The molecular formula is C12H15N3O. The van der Waals surface area contributed by atoms with Gasteiger partial charge in [0.25, 0.3) is 0 Å². The highest BCUT2D eigenvalue weighted by molar-refractivity contribution is 5.61. The zero-order valence-electron chi connectivity index (χ0n) is 8.98. The third-order valence-corrected chi connectivity index (χ3v) is 2.42. The summed E-state index contributed by atoms with van der Waals surface area (Å²) in [7, 11) is 0. The SMILES string of the molecule is NCCCc1cc(-c2cccc(O)c2)n[nH]1. The van der Waals surface area contributed by atoms with E-state index in [9.17, 15) is 5.11 Å². The Hall–Kier alpha value is -1.81. The first-order chi connectivity index (χ1) is 7.79. The lowest BCUT2D eigenvalue weighted by molar-refractivity contribution is 0.475. The van der Waals surface area contributed by atoms with E-state index in [2.05, 4.69) is 10.2 Å². The largest absolute Gasteiger partial charge is 0.508 e. The van der Waals surface area contributed by atoms with Gasteiger partial charge in [0.2, 0.25) is 0 Å². The van der Waals surface area contributed by atoms with E-state index in [1.54, 1.807) is 18.2 Å². The van der Waals surface area contributed by atoms with Crippen molar-refractivity contribution >= 4 is 0 Å². The minimum atomic E-state index is 0.254. The third kappa shape index (κ3) is 2.41. The number of phenolic OH excluding ortho intramolecular Hbond substituents is 1. The first-order valence-corrected chi connectivity index (χ1v) is 5.33. The fourth-order valence-electron chi connectivity index (χ4n) is 1.60. The normalized spacial score (nSPS) is 10.6. The van der Waals surface area contributed by atoms with Gasteiger partial charge in [0.1, 0.15) is 5.75 Å². The zero-order chi connectivity index (χ0) is 11.4. The minimum Gasteiger partial charge on any atom is -0.508 e. The lowest BCUT2D eigenvalue weighted by Crippen LogP contribution is -2.00. The minimum absolute atomic E-state index is 0.254. The first kappa shape index (κ1) is 10.7. The van der Waals surface area contributed by atoms with Gasteiger partial charge in [-0.05, 0) is 37.6 Å². The number of hydrogen-bond donors (Lipinski definition) is 3. The van der Waals surface area contributed by atoms with Crippen LogP contribution in [0.4, 0.5) is 0 Å². The van der Waals surface area contributed by atoms with Crippen molar-refractivity contribution < 1.29 is 5.11 Å². The average Bonchev–Trinajstić information content (AvgIpc) is 2.75. The van der Waals surface area contributed by atoms with Gasteiger partial charge in [-0.25, -0.2) is 0 Å². The molecule has 4 heteroatoms. The van der Waals surface area contributed by atoms with E-state index in [1.807, 2.05) is 12.1 Å². The Labute approximate surface area is 94.1 Å². The molecule has 0 radical (unpaired) electrons. The standard InChI is InChI=1S/C12H15N3O/c13-6-2-4-10-8-12(15-14-10)9-3-1-5-11(16)7-9/h1,3,5,7-8,16H,2,4,6,13H2,(H,14,15). The van der Waals surface area contributed by atoms with E-state index < -0.39 is 0 Å². The van der Waals surface area contributed by atoms with Gasteiger partial charge in [-0.1, -0.05) is 12.1 Å². The van der Waals surface area contributed by atoms with Gasteiger partial charge in [0, 0.05) is 11.3 Å². The average molecular weight is 217 g/mol. The van der Waals surface area contributed by atoms with Crippen LogP contribution in [0, 0.1) is 0 Å². The molecule has 2 aromatic rings. The summed E-state index contributed by atoms with van der Waals surface area (Å²) in [5, 5.41) is 16.5. The summed E-state index contributed by atoms with van der Waals surface area (Å²) < 4.78 is 0. The molecule has 1 aromatic heterocycles. The molecule has 16 heavy (non-hydrogen) atoms.